The van der Waals surface area contributed by atoms with Crippen molar-refractivity contribution in [3.63, 3.8) is 0 Å². The minimum atomic E-state index is -3.57. The first-order valence-corrected chi connectivity index (χ1v) is 10.3. The van der Waals surface area contributed by atoms with Gasteiger partial charge in [-0.3, -0.25) is 4.79 Å². The Balaban J connectivity index is 1.77. The van der Waals surface area contributed by atoms with E-state index in [0.29, 0.717) is 17.2 Å². The molecule has 0 unspecified atom stereocenters. The van der Waals surface area contributed by atoms with Gasteiger partial charge in [-0.1, -0.05) is 44.2 Å². The molecular weight excluding hydrogens is 362 g/mol. The highest BCUT2D eigenvalue weighted by Gasteiger charge is 2.22. The van der Waals surface area contributed by atoms with Crippen LogP contribution in [0.3, 0.4) is 0 Å². The highest BCUT2D eigenvalue weighted by atomic mass is 32.2. The van der Waals surface area contributed by atoms with Crippen LogP contribution in [0.25, 0.3) is 0 Å². The molecule has 2 aromatic carbocycles. The van der Waals surface area contributed by atoms with E-state index in [1.165, 1.54) is 30.0 Å². The minimum absolute atomic E-state index is 0.00226. The molecule has 0 aliphatic carbocycles. The van der Waals surface area contributed by atoms with Crippen LogP contribution in [0.1, 0.15) is 41.4 Å². The van der Waals surface area contributed by atoms with E-state index in [9.17, 15) is 13.2 Å². The van der Waals surface area contributed by atoms with Crippen molar-refractivity contribution in [1.29, 1.82) is 0 Å². The Kier molecular flexibility index (Phi) is 5.46. The van der Waals surface area contributed by atoms with Gasteiger partial charge >= 0.3 is 0 Å². The summed E-state index contributed by atoms with van der Waals surface area (Å²) in [6.45, 7) is 4.19. The van der Waals surface area contributed by atoms with Crippen LogP contribution in [0.4, 0.5) is 5.69 Å². The number of nitrogens with one attached hydrogen (secondary N) is 1. The smallest absolute Gasteiger partial charge is 0.291 e. The second kappa shape index (κ2) is 7.80. The molecule has 0 saturated heterocycles. The van der Waals surface area contributed by atoms with Crippen molar-refractivity contribution < 1.29 is 17.6 Å². The first kappa shape index (κ1) is 18.9. The number of furan rings is 1. The van der Waals surface area contributed by atoms with Gasteiger partial charge in [-0.05, 0) is 41.8 Å². The maximum absolute atomic E-state index is 12.6. The molecule has 0 saturated carbocycles. The molecule has 0 bridgehead atoms. The molecule has 1 aromatic heterocycles. The molecule has 0 aliphatic rings. The summed E-state index contributed by atoms with van der Waals surface area (Å²) in [5, 5.41) is 2.75. The van der Waals surface area contributed by atoms with Gasteiger partial charge < -0.3 is 9.73 Å². The van der Waals surface area contributed by atoms with Crippen molar-refractivity contribution in [3.8, 4) is 0 Å². The topological polar surface area (TPSA) is 76.4 Å². The molecule has 1 N–H and O–H groups in total. The molecule has 27 heavy (non-hydrogen) atoms. The van der Waals surface area contributed by atoms with Crippen LogP contribution in [0.5, 0.6) is 0 Å². The van der Waals surface area contributed by atoms with E-state index in [4.69, 9.17) is 4.42 Å². The lowest BCUT2D eigenvalue weighted by Crippen LogP contribution is -2.14. The summed E-state index contributed by atoms with van der Waals surface area (Å²) in [5.74, 6) is -0.379. The number of sulfone groups is 1. The van der Waals surface area contributed by atoms with Crippen LogP contribution in [0, 0.1) is 0 Å². The Bertz CT molecular complexity index is 1020. The molecule has 0 atom stereocenters. The first-order chi connectivity index (χ1) is 12.9. The summed E-state index contributed by atoms with van der Waals surface area (Å²) in [7, 11) is -3.57. The predicted octanol–water partition coefficient (Wildman–Crippen LogP) is 4.63. The number of carbonyl (C=O) groups is 1. The maximum Gasteiger partial charge on any atom is 0.291 e. The normalized spacial score (nSPS) is 11.5. The zero-order valence-corrected chi connectivity index (χ0v) is 16.0. The quantitative estimate of drug-likeness (QED) is 0.673. The fourth-order valence-corrected chi connectivity index (χ4v) is 4.08. The predicted molar refractivity (Wildman–Crippen MR) is 105 cm³/mol. The van der Waals surface area contributed by atoms with E-state index < -0.39 is 15.7 Å². The summed E-state index contributed by atoms with van der Waals surface area (Å²) < 4.78 is 30.4. The average molecular weight is 383 g/mol. The van der Waals surface area contributed by atoms with E-state index in [1.54, 1.807) is 18.2 Å². The third-order valence-corrected chi connectivity index (χ3v) is 5.92. The van der Waals surface area contributed by atoms with Crippen LogP contribution in [0.15, 0.2) is 76.2 Å². The van der Waals surface area contributed by atoms with Crippen LogP contribution in [-0.4, -0.2) is 14.3 Å². The van der Waals surface area contributed by atoms with Gasteiger partial charge in [0.2, 0.25) is 0 Å². The molecule has 0 fully saturated rings. The van der Waals surface area contributed by atoms with Crippen LogP contribution in [0.2, 0.25) is 0 Å². The molecule has 5 nitrogen and oxygen atoms in total. The second-order valence-electron chi connectivity index (χ2n) is 6.58. The van der Waals surface area contributed by atoms with E-state index in [0.717, 1.165) is 0 Å². The van der Waals surface area contributed by atoms with Gasteiger partial charge in [0.25, 0.3) is 5.91 Å². The van der Waals surface area contributed by atoms with E-state index in [-0.39, 0.29) is 16.4 Å². The Morgan fingerprint density at radius 3 is 2.30 bits per heavy atom. The monoisotopic (exact) mass is 383 g/mol. The van der Waals surface area contributed by atoms with Crippen molar-refractivity contribution in [2.45, 2.75) is 30.4 Å². The number of hydrogen-bond acceptors (Lipinski definition) is 4. The SMILES string of the molecule is CC(C)c1ccc(NC(=O)c2occc2CS(=O)(=O)c2ccccc2)cc1. The molecular formula is C21H21NO4S. The summed E-state index contributed by atoms with van der Waals surface area (Å²) in [4.78, 5) is 12.7. The number of anilines is 1. The van der Waals surface area contributed by atoms with Gasteiger partial charge in [-0.15, -0.1) is 0 Å². The summed E-state index contributed by atoms with van der Waals surface area (Å²) >= 11 is 0. The Labute approximate surface area is 159 Å². The second-order valence-corrected chi connectivity index (χ2v) is 8.57. The molecule has 0 aliphatic heterocycles. The lowest BCUT2D eigenvalue weighted by atomic mass is 10.0. The number of hydrogen-bond donors (Lipinski definition) is 1. The van der Waals surface area contributed by atoms with Crippen LogP contribution >= 0.6 is 0 Å². The Morgan fingerprint density at radius 2 is 1.67 bits per heavy atom. The van der Waals surface area contributed by atoms with Crippen molar-refractivity contribution in [2.24, 2.45) is 0 Å². The van der Waals surface area contributed by atoms with Crippen molar-refractivity contribution in [2.75, 3.05) is 5.32 Å². The lowest BCUT2D eigenvalue weighted by Gasteiger charge is -2.09. The van der Waals surface area contributed by atoms with E-state index in [1.807, 2.05) is 24.3 Å². The zero-order chi connectivity index (χ0) is 19.4. The van der Waals surface area contributed by atoms with Gasteiger partial charge in [-0.2, -0.15) is 0 Å². The summed E-state index contributed by atoms with van der Waals surface area (Å²) in [5.41, 5.74) is 2.12. The number of carbonyl (C=O) groups excluding carboxylic acids is 1. The highest BCUT2D eigenvalue weighted by Crippen LogP contribution is 2.22. The number of rotatable bonds is 6. The molecule has 140 valence electrons. The third-order valence-electron chi connectivity index (χ3n) is 4.24. The fraction of sp³-hybridized carbons (Fsp3) is 0.190. The molecule has 1 amide bonds. The van der Waals surface area contributed by atoms with Crippen LogP contribution < -0.4 is 5.32 Å². The van der Waals surface area contributed by atoms with E-state index >= 15 is 0 Å². The summed E-state index contributed by atoms with van der Waals surface area (Å²) in [6.07, 6.45) is 1.33. The molecule has 3 aromatic rings. The first-order valence-electron chi connectivity index (χ1n) is 8.62. The van der Waals surface area contributed by atoms with E-state index in [2.05, 4.69) is 19.2 Å². The zero-order valence-electron chi connectivity index (χ0n) is 15.2. The number of amides is 1. The average Bonchev–Trinajstić information content (AvgIpc) is 3.10. The Morgan fingerprint density at radius 1 is 1.00 bits per heavy atom. The van der Waals surface area contributed by atoms with Gasteiger partial charge in [0.1, 0.15) is 0 Å². The maximum atomic E-state index is 12.6. The van der Waals surface area contributed by atoms with Crippen LogP contribution in [-0.2, 0) is 15.6 Å². The van der Waals surface area contributed by atoms with Gasteiger partial charge in [0.05, 0.1) is 16.9 Å². The largest absolute Gasteiger partial charge is 0.459 e. The Hall–Kier alpha value is -2.86. The fourth-order valence-electron chi connectivity index (χ4n) is 2.70. The third kappa shape index (κ3) is 4.46. The molecule has 1 heterocycles. The standard InChI is InChI=1S/C21H21NO4S/c1-15(2)16-8-10-18(11-9-16)22-21(23)20-17(12-13-26-20)14-27(24,25)19-6-4-3-5-7-19/h3-13,15H,14H2,1-2H3,(H,22,23). The highest BCUT2D eigenvalue weighted by molar-refractivity contribution is 7.90. The minimum Gasteiger partial charge on any atom is -0.459 e. The molecule has 3 rings (SSSR count). The lowest BCUT2D eigenvalue weighted by molar-refractivity contribution is 0.0996. The number of benzene rings is 2. The van der Waals surface area contributed by atoms with Crippen molar-refractivity contribution in [1.82, 2.24) is 0 Å². The van der Waals surface area contributed by atoms with Gasteiger partial charge in [0.15, 0.2) is 15.6 Å². The van der Waals surface area contributed by atoms with Crippen molar-refractivity contribution in [3.05, 3.63) is 83.8 Å². The van der Waals surface area contributed by atoms with Gasteiger partial charge in [-0.25, -0.2) is 8.42 Å². The molecule has 6 heteroatoms. The van der Waals surface area contributed by atoms with Gasteiger partial charge in [0, 0.05) is 11.3 Å². The molecule has 0 spiro atoms. The molecule has 0 radical (unpaired) electrons. The summed E-state index contributed by atoms with van der Waals surface area (Å²) in [6, 6.07) is 17.2. The van der Waals surface area contributed by atoms with Crippen molar-refractivity contribution >= 4 is 21.4 Å².